The molecule has 0 saturated heterocycles. The van der Waals surface area contributed by atoms with Crippen molar-refractivity contribution in [2.45, 2.75) is 17.6 Å². The van der Waals surface area contributed by atoms with Gasteiger partial charge in [0.2, 0.25) is 0 Å². The van der Waals surface area contributed by atoms with E-state index in [0.717, 1.165) is 16.0 Å². The summed E-state index contributed by atoms with van der Waals surface area (Å²) in [7, 11) is 0. The molecule has 2 nitrogen and oxygen atoms in total. The molecule has 88 valence electrons. The van der Waals surface area contributed by atoms with Gasteiger partial charge in [0.15, 0.2) is 0 Å². The van der Waals surface area contributed by atoms with Crippen LogP contribution in [-0.4, -0.2) is 9.97 Å². The molecule has 1 aromatic heterocycles. The summed E-state index contributed by atoms with van der Waals surface area (Å²) in [6.07, 6.45) is 1.68. The van der Waals surface area contributed by atoms with Crippen LogP contribution in [0.4, 0.5) is 0 Å². The number of halogens is 2. The van der Waals surface area contributed by atoms with Gasteiger partial charge < -0.3 is 0 Å². The third-order valence-electron chi connectivity index (χ3n) is 2.14. The zero-order valence-electron chi connectivity index (χ0n) is 9.15. The zero-order valence-corrected chi connectivity index (χ0v) is 12.3. The van der Waals surface area contributed by atoms with Crippen molar-refractivity contribution >= 4 is 39.3 Å². The summed E-state index contributed by atoms with van der Waals surface area (Å²) in [5, 5.41) is 0.458. The SMILES string of the molecule is Cc1ccc(SCc2ncc(Br)c(Cl)n2)cc1. The number of thioether (sulfide) groups is 1. The van der Waals surface area contributed by atoms with Crippen LogP contribution in [0, 0.1) is 6.92 Å². The third kappa shape index (κ3) is 3.69. The van der Waals surface area contributed by atoms with Crippen molar-refractivity contribution in [3.8, 4) is 0 Å². The first-order valence-corrected chi connectivity index (χ1v) is 7.17. The van der Waals surface area contributed by atoms with Gasteiger partial charge in [-0.15, -0.1) is 11.8 Å². The van der Waals surface area contributed by atoms with Gasteiger partial charge in [-0.3, -0.25) is 0 Å². The third-order valence-corrected chi connectivity index (χ3v) is 4.24. The van der Waals surface area contributed by atoms with Gasteiger partial charge in [0.05, 0.1) is 10.2 Å². The van der Waals surface area contributed by atoms with Gasteiger partial charge >= 0.3 is 0 Å². The van der Waals surface area contributed by atoms with Crippen LogP contribution in [0.3, 0.4) is 0 Å². The number of hydrogen-bond acceptors (Lipinski definition) is 3. The van der Waals surface area contributed by atoms with Crippen LogP contribution in [0.15, 0.2) is 39.8 Å². The molecule has 0 aliphatic carbocycles. The van der Waals surface area contributed by atoms with Gasteiger partial charge in [0, 0.05) is 11.1 Å². The molecule has 1 heterocycles. The molecule has 0 bridgehead atoms. The molecular weight excluding hydrogens is 320 g/mol. The molecule has 0 amide bonds. The van der Waals surface area contributed by atoms with E-state index in [0.29, 0.717) is 5.15 Å². The lowest BCUT2D eigenvalue weighted by Gasteiger charge is -2.02. The maximum Gasteiger partial charge on any atom is 0.146 e. The maximum atomic E-state index is 5.91. The van der Waals surface area contributed by atoms with Crippen molar-refractivity contribution < 1.29 is 0 Å². The molecule has 0 aliphatic heterocycles. The van der Waals surface area contributed by atoms with Gasteiger partial charge in [-0.05, 0) is 35.0 Å². The molecule has 17 heavy (non-hydrogen) atoms. The molecule has 0 radical (unpaired) electrons. The summed E-state index contributed by atoms with van der Waals surface area (Å²) < 4.78 is 0.725. The fourth-order valence-corrected chi connectivity index (χ4v) is 2.33. The number of benzene rings is 1. The monoisotopic (exact) mass is 328 g/mol. The highest BCUT2D eigenvalue weighted by atomic mass is 79.9. The van der Waals surface area contributed by atoms with E-state index in [2.05, 4.69) is 57.1 Å². The molecule has 0 spiro atoms. The topological polar surface area (TPSA) is 25.8 Å². The Morgan fingerprint density at radius 2 is 2.00 bits per heavy atom. The second-order valence-electron chi connectivity index (χ2n) is 3.53. The maximum absolute atomic E-state index is 5.91. The van der Waals surface area contributed by atoms with Crippen LogP contribution in [0.1, 0.15) is 11.4 Å². The molecule has 2 aromatic rings. The summed E-state index contributed by atoms with van der Waals surface area (Å²) in [5.41, 5.74) is 1.26. The fraction of sp³-hybridized carbons (Fsp3) is 0.167. The number of hydrogen-bond donors (Lipinski definition) is 0. The highest BCUT2D eigenvalue weighted by Gasteiger charge is 2.03. The Bertz CT molecular complexity index is 516. The van der Waals surface area contributed by atoms with Crippen LogP contribution < -0.4 is 0 Å². The lowest BCUT2D eigenvalue weighted by atomic mass is 10.2. The quantitative estimate of drug-likeness (QED) is 0.613. The Labute approximate surface area is 118 Å². The van der Waals surface area contributed by atoms with Crippen molar-refractivity contribution in [1.82, 2.24) is 9.97 Å². The molecule has 1 aromatic carbocycles. The molecule has 0 N–H and O–H groups in total. The van der Waals surface area contributed by atoms with Gasteiger partial charge in [0.25, 0.3) is 0 Å². The first kappa shape index (κ1) is 12.9. The van der Waals surface area contributed by atoms with Crippen molar-refractivity contribution in [1.29, 1.82) is 0 Å². The highest BCUT2D eigenvalue weighted by molar-refractivity contribution is 9.10. The molecule has 0 unspecified atom stereocenters. The van der Waals surface area contributed by atoms with Crippen molar-refractivity contribution in [3.05, 3.63) is 51.5 Å². The normalized spacial score (nSPS) is 10.5. The largest absolute Gasteiger partial charge is 0.239 e. The lowest BCUT2D eigenvalue weighted by molar-refractivity contribution is 1.02. The number of nitrogens with zero attached hydrogens (tertiary/aromatic N) is 2. The lowest BCUT2D eigenvalue weighted by Crippen LogP contribution is -1.92. The average molecular weight is 330 g/mol. The Kier molecular flexibility index (Phi) is 4.42. The number of aromatic nitrogens is 2. The second kappa shape index (κ2) is 5.85. The molecular formula is C12H10BrClN2S. The van der Waals surface area contributed by atoms with Gasteiger partial charge in [0.1, 0.15) is 11.0 Å². The van der Waals surface area contributed by atoms with Gasteiger partial charge in [-0.25, -0.2) is 9.97 Å². The van der Waals surface area contributed by atoms with Gasteiger partial charge in [-0.1, -0.05) is 29.3 Å². The van der Waals surface area contributed by atoms with Gasteiger partial charge in [-0.2, -0.15) is 0 Å². The number of rotatable bonds is 3. The Balaban J connectivity index is 2.02. The van der Waals surface area contributed by atoms with E-state index in [1.807, 2.05) is 0 Å². The summed E-state index contributed by atoms with van der Waals surface area (Å²) in [6.45, 7) is 2.08. The molecule has 5 heteroatoms. The molecule has 0 fully saturated rings. The minimum atomic E-state index is 0.458. The zero-order chi connectivity index (χ0) is 12.3. The smallest absolute Gasteiger partial charge is 0.146 e. The predicted molar refractivity (Wildman–Crippen MR) is 75.5 cm³/mol. The van der Waals surface area contributed by atoms with Crippen molar-refractivity contribution in [2.75, 3.05) is 0 Å². The first-order chi connectivity index (χ1) is 8.15. The molecule has 0 atom stereocenters. The minimum absolute atomic E-state index is 0.458. The molecule has 0 aliphatic rings. The second-order valence-corrected chi connectivity index (χ2v) is 5.79. The highest BCUT2D eigenvalue weighted by Crippen LogP contribution is 2.24. The van der Waals surface area contributed by atoms with E-state index >= 15 is 0 Å². The van der Waals surface area contributed by atoms with E-state index < -0.39 is 0 Å². The summed E-state index contributed by atoms with van der Waals surface area (Å²) >= 11 is 10.9. The number of aryl methyl sites for hydroxylation is 1. The van der Waals surface area contributed by atoms with E-state index in [4.69, 9.17) is 11.6 Å². The average Bonchev–Trinajstić information content (AvgIpc) is 2.33. The Morgan fingerprint density at radius 3 is 2.65 bits per heavy atom. The van der Waals surface area contributed by atoms with Crippen molar-refractivity contribution in [2.24, 2.45) is 0 Å². The molecule has 0 saturated carbocycles. The van der Waals surface area contributed by atoms with E-state index in [9.17, 15) is 0 Å². The van der Waals surface area contributed by atoms with E-state index in [1.54, 1.807) is 18.0 Å². The Morgan fingerprint density at radius 1 is 1.29 bits per heavy atom. The molecule has 2 rings (SSSR count). The first-order valence-electron chi connectivity index (χ1n) is 5.01. The van der Waals surface area contributed by atoms with Crippen LogP contribution in [0.2, 0.25) is 5.15 Å². The van der Waals surface area contributed by atoms with Crippen LogP contribution in [-0.2, 0) is 5.75 Å². The predicted octanol–water partition coefficient (Wildman–Crippen LogP) is 4.49. The fourth-order valence-electron chi connectivity index (χ4n) is 1.23. The minimum Gasteiger partial charge on any atom is -0.239 e. The van der Waals surface area contributed by atoms with E-state index in [-0.39, 0.29) is 0 Å². The van der Waals surface area contributed by atoms with Crippen LogP contribution in [0.25, 0.3) is 0 Å². The van der Waals surface area contributed by atoms with Crippen LogP contribution in [0.5, 0.6) is 0 Å². The van der Waals surface area contributed by atoms with Crippen molar-refractivity contribution in [3.63, 3.8) is 0 Å². The standard InChI is InChI=1S/C12H10BrClN2S/c1-8-2-4-9(5-3-8)17-7-11-15-6-10(13)12(14)16-11/h2-6H,7H2,1H3. The van der Waals surface area contributed by atoms with Crippen LogP contribution >= 0.6 is 39.3 Å². The summed E-state index contributed by atoms with van der Waals surface area (Å²) in [4.78, 5) is 9.61. The Hall–Kier alpha value is -0.580. The summed E-state index contributed by atoms with van der Waals surface area (Å²) in [6, 6.07) is 8.39. The van der Waals surface area contributed by atoms with E-state index in [1.165, 1.54) is 10.5 Å². The summed E-state index contributed by atoms with van der Waals surface area (Å²) in [5.74, 6) is 1.46.